The van der Waals surface area contributed by atoms with Crippen LogP contribution in [0.1, 0.15) is 51.5 Å². The molecular formula is C18H25NOS. The van der Waals surface area contributed by atoms with Crippen molar-refractivity contribution in [1.29, 1.82) is 0 Å². The fraction of sp³-hybridized carbons (Fsp3) is 0.500. The molecule has 1 unspecified atom stereocenters. The van der Waals surface area contributed by atoms with Crippen LogP contribution in [0.2, 0.25) is 0 Å². The Morgan fingerprint density at radius 3 is 2.81 bits per heavy atom. The van der Waals surface area contributed by atoms with Gasteiger partial charge in [-0.05, 0) is 49.1 Å². The lowest BCUT2D eigenvalue weighted by atomic mass is 9.90. The first-order valence-corrected chi connectivity index (χ1v) is 9.02. The van der Waals surface area contributed by atoms with E-state index in [1.807, 2.05) is 0 Å². The van der Waals surface area contributed by atoms with Crippen LogP contribution < -0.4 is 0 Å². The molecule has 1 aromatic carbocycles. The van der Waals surface area contributed by atoms with Crippen LogP contribution in [0.4, 0.5) is 0 Å². The molecule has 2 nitrogen and oxygen atoms in total. The van der Waals surface area contributed by atoms with Crippen molar-refractivity contribution >= 4 is 23.0 Å². The summed E-state index contributed by atoms with van der Waals surface area (Å²) in [4.78, 5) is 1.25. The zero-order chi connectivity index (χ0) is 15.2. The molecule has 1 aliphatic rings. The maximum atomic E-state index is 9.35. The van der Waals surface area contributed by atoms with E-state index in [1.54, 1.807) is 11.8 Å². The van der Waals surface area contributed by atoms with Gasteiger partial charge in [0, 0.05) is 10.5 Å². The third-order valence-electron chi connectivity index (χ3n) is 4.31. The summed E-state index contributed by atoms with van der Waals surface area (Å²) in [6.07, 6.45) is 7.69. The van der Waals surface area contributed by atoms with Crippen molar-refractivity contribution in [3.05, 3.63) is 35.4 Å². The van der Waals surface area contributed by atoms with E-state index in [-0.39, 0.29) is 0 Å². The van der Waals surface area contributed by atoms with Gasteiger partial charge in [-0.25, -0.2) is 0 Å². The SMILES string of the molecule is CCCCC(C)C1=C(c2cccc(SC)c2)/C(=N/O)CC1. The number of benzene rings is 1. The van der Waals surface area contributed by atoms with E-state index in [0.29, 0.717) is 5.92 Å². The van der Waals surface area contributed by atoms with E-state index in [4.69, 9.17) is 0 Å². The van der Waals surface area contributed by atoms with Crippen LogP contribution in [0.5, 0.6) is 0 Å². The monoisotopic (exact) mass is 303 g/mol. The average Bonchev–Trinajstić information content (AvgIpc) is 2.96. The lowest BCUT2D eigenvalue weighted by molar-refractivity contribution is 0.319. The average molecular weight is 303 g/mol. The normalized spacial score (nSPS) is 18.5. The molecule has 0 fully saturated rings. The molecule has 1 N–H and O–H groups in total. The van der Waals surface area contributed by atoms with Crippen LogP contribution in [0.15, 0.2) is 39.9 Å². The van der Waals surface area contributed by atoms with Gasteiger partial charge in [-0.15, -0.1) is 11.8 Å². The summed E-state index contributed by atoms with van der Waals surface area (Å²) in [6, 6.07) is 8.57. The first kappa shape index (κ1) is 16.2. The number of hydrogen-bond acceptors (Lipinski definition) is 3. The second-order valence-electron chi connectivity index (χ2n) is 5.72. The molecule has 2 rings (SSSR count). The van der Waals surface area contributed by atoms with E-state index in [0.717, 1.165) is 18.6 Å². The maximum Gasteiger partial charge on any atom is 0.0876 e. The van der Waals surface area contributed by atoms with Crippen LogP contribution in [-0.2, 0) is 0 Å². The molecule has 0 aromatic heterocycles. The second kappa shape index (κ2) is 7.69. The highest BCUT2D eigenvalue weighted by Gasteiger charge is 2.26. The lowest BCUT2D eigenvalue weighted by Gasteiger charge is -2.16. The molecule has 21 heavy (non-hydrogen) atoms. The van der Waals surface area contributed by atoms with Crippen molar-refractivity contribution in [3.63, 3.8) is 0 Å². The van der Waals surface area contributed by atoms with Gasteiger partial charge < -0.3 is 5.21 Å². The summed E-state index contributed by atoms with van der Waals surface area (Å²) in [6.45, 7) is 4.54. The summed E-state index contributed by atoms with van der Waals surface area (Å²) in [7, 11) is 0. The zero-order valence-corrected chi connectivity index (χ0v) is 14.0. The molecule has 0 bridgehead atoms. The summed E-state index contributed by atoms with van der Waals surface area (Å²) in [5.74, 6) is 0.567. The van der Waals surface area contributed by atoms with E-state index in [9.17, 15) is 5.21 Å². The number of oxime groups is 1. The van der Waals surface area contributed by atoms with Crippen molar-refractivity contribution < 1.29 is 5.21 Å². The number of allylic oxidation sites excluding steroid dienone is 2. The van der Waals surface area contributed by atoms with Crippen LogP contribution in [0.25, 0.3) is 5.57 Å². The minimum atomic E-state index is 0.567. The minimum absolute atomic E-state index is 0.567. The Labute approximate surface area is 132 Å². The van der Waals surface area contributed by atoms with Crippen LogP contribution in [0.3, 0.4) is 0 Å². The fourth-order valence-corrected chi connectivity index (χ4v) is 3.56. The van der Waals surface area contributed by atoms with Crippen molar-refractivity contribution in [1.82, 2.24) is 0 Å². The Kier molecular flexibility index (Phi) is 5.92. The van der Waals surface area contributed by atoms with E-state index < -0.39 is 0 Å². The quantitative estimate of drug-likeness (QED) is 0.421. The van der Waals surface area contributed by atoms with Crippen molar-refractivity contribution in [2.24, 2.45) is 11.1 Å². The highest BCUT2D eigenvalue weighted by Crippen LogP contribution is 2.38. The van der Waals surface area contributed by atoms with Gasteiger partial charge in [0.25, 0.3) is 0 Å². The Hall–Kier alpha value is -1.22. The van der Waals surface area contributed by atoms with Gasteiger partial charge in [0.2, 0.25) is 0 Å². The third-order valence-corrected chi connectivity index (χ3v) is 5.03. The molecule has 3 heteroatoms. The smallest absolute Gasteiger partial charge is 0.0876 e. The number of rotatable bonds is 6. The molecule has 0 radical (unpaired) electrons. The van der Waals surface area contributed by atoms with Gasteiger partial charge >= 0.3 is 0 Å². The molecule has 0 aliphatic heterocycles. The summed E-state index contributed by atoms with van der Waals surface area (Å²) < 4.78 is 0. The molecule has 1 atom stereocenters. The molecule has 0 spiro atoms. The predicted molar refractivity (Wildman–Crippen MR) is 92.3 cm³/mol. The van der Waals surface area contributed by atoms with Crippen molar-refractivity contribution in [2.75, 3.05) is 6.26 Å². The van der Waals surface area contributed by atoms with Crippen LogP contribution in [0, 0.1) is 5.92 Å². The first-order chi connectivity index (χ1) is 10.2. The summed E-state index contributed by atoms with van der Waals surface area (Å²) >= 11 is 1.75. The van der Waals surface area contributed by atoms with Crippen molar-refractivity contribution in [2.45, 2.75) is 50.8 Å². The van der Waals surface area contributed by atoms with Gasteiger partial charge in [0.05, 0.1) is 5.71 Å². The number of thioether (sulfide) groups is 1. The topological polar surface area (TPSA) is 32.6 Å². The van der Waals surface area contributed by atoms with Gasteiger partial charge in [0.15, 0.2) is 0 Å². The van der Waals surface area contributed by atoms with E-state index in [1.165, 1.54) is 40.9 Å². The van der Waals surface area contributed by atoms with Crippen molar-refractivity contribution in [3.8, 4) is 0 Å². The van der Waals surface area contributed by atoms with Gasteiger partial charge in [-0.2, -0.15) is 0 Å². The van der Waals surface area contributed by atoms with Crippen LogP contribution >= 0.6 is 11.8 Å². The highest BCUT2D eigenvalue weighted by molar-refractivity contribution is 7.98. The molecule has 0 amide bonds. The van der Waals surface area contributed by atoms with Gasteiger partial charge in [-0.3, -0.25) is 0 Å². The second-order valence-corrected chi connectivity index (χ2v) is 6.60. The Balaban J connectivity index is 2.40. The predicted octanol–water partition coefficient (Wildman–Crippen LogP) is 5.61. The number of unbranched alkanes of at least 4 members (excludes halogenated alkanes) is 1. The highest BCUT2D eigenvalue weighted by atomic mass is 32.2. The first-order valence-electron chi connectivity index (χ1n) is 7.80. The molecule has 0 saturated carbocycles. The molecule has 0 heterocycles. The lowest BCUT2D eigenvalue weighted by Crippen LogP contribution is -2.02. The van der Waals surface area contributed by atoms with E-state index in [2.05, 4.69) is 49.5 Å². The van der Waals surface area contributed by atoms with E-state index >= 15 is 0 Å². The number of nitrogens with zero attached hydrogens (tertiary/aromatic N) is 1. The molecule has 114 valence electrons. The van der Waals surface area contributed by atoms with Crippen LogP contribution in [-0.4, -0.2) is 17.2 Å². The standard InChI is InChI=1S/C18H25NOS/c1-4-5-7-13(2)16-10-11-17(19-20)18(16)14-8-6-9-15(12-14)21-3/h6,8-9,12-13,20H,4-5,7,10-11H2,1-3H3/b19-17+. The summed E-state index contributed by atoms with van der Waals surface area (Å²) in [5.41, 5.74) is 4.71. The minimum Gasteiger partial charge on any atom is -0.411 e. The Morgan fingerprint density at radius 2 is 2.14 bits per heavy atom. The van der Waals surface area contributed by atoms with Gasteiger partial charge in [0.1, 0.15) is 0 Å². The molecule has 1 aromatic rings. The molecule has 0 saturated heterocycles. The number of hydrogen-bond donors (Lipinski definition) is 1. The Bertz CT molecular complexity index is 548. The maximum absolute atomic E-state index is 9.35. The zero-order valence-electron chi connectivity index (χ0n) is 13.2. The molecular weight excluding hydrogens is 278 g/mol. The largest absolute Gasteiger partial charge is 0.411 e. The molecule has 1 aliphatic carbocycles. The Morgan fingerprint density at radius 1 is 1.33 bits per heavy atom. The fourth-order valence-electron chi connectivity index (χ4n) is 3.10. The summed E-state index contributed by atoms with van der Waals surface area (Å²) in [5, 5.41) is 12.9. The van der Waals surface area contributed by atoms with Gasteiger partial charge in [-0.1, -0.05) is 49.6 Å². The third kappa shape index (κ3) is 3.70.